The molecule has 0 saturated carbocycles. The Morgan fingerprint density at radius 2 is 1.38 bits per heavy atom. The maximum Gasteiger partial charge on any atom is 0.417 e. The zero-order chi connectivity index (χ0) is 40.7. The molecular formula is C41H49Br3F3N3O5. The van der Waals surface area contributed by atoms with E-state index in [-0.39, 0.29) is 28.2 Å². The van der Waals surface area contributed by atoms with Gasteiger partial charge in [0.25, 0.3) is 0 Å². The number of hydrogen-bond donors (Lipinski definition) is 0. The van der Waals surface area contributed by atoms with Gasteiger partial charge in [0.05, 0.1) is 16.9 Å². The fourth-order valence-electron chi connectivity index (χ4n) is 7.29. The number of anilines is 2. The maximum absolute atomic E-state index is 13.1. The molecule has 8 nitrogen and oxygen atoms in total. The highest BCUT2D eigenvalue weighted by Crippen LogP contribution is 2.49. The van der Waals surface area contributed by atoms with Crippen molar-refractivity contribution in [1.82, 2.24) is 4.98 Å². The number of carbonyl (C=O) groups is 2. The maximum atomic E-state index is 13.1. The number of nitrogens with zero attached hydrogens (tertiary/aromatic N) is 3. The van der Waals surface area contributed by atoms with Gasteiger partial charge in [-0.3, -0.25) is 9.80 Å². The predicted octanol–water partition coefficient (Wildman–Crippen LogP) is 12.1. The summed E-state index contributed by atoms with van der Waals surface area (Å²) in [7, 11) is 0. The monoisotopic (exact) mass is 957 g/mol. The highest BCUT2D eigenvalue weighted by atomic mass is 79.9. The number of fused-ring (bicyclic) bond motifs is 4. The molecule has 3 aliphatic heterocycles. The van der Waals surface area contributed by atoms with Crippen LogP contribution in [0.5, 0.6) is 0 Å². The van der Waals surface area contributed by atoms with Crippen LogP contribution in [0.25, 0.3) is 0 Å². The predicted molar refractivity (Wildman–Crippen MR) is 219 cm³/mol. The van der Waals surface area contributed by atoms with E-state index in [0.29, 0.717) is 12.1 Å². The van der Waals surface area contributed by atoms with E-state index in [2.05, 4.69) is 64.9 Å². The van der Waals surface area contributed by atoms with E-state index in [1.165, 1.54) is 40.6 Å². The minimum atomic E-state index is -4.50. The topological polar surface area (TPSA) is 81.2 Å². The molecule has 0 bridgehead atoms. The standard InChI is InChI=1S/C17H22BrNO3.C16H19BrF3NO2.C8H8BrN/c1-16(2,3)22-15(20)19-11-17(6-8-21-9-7-17)13-10-12(18)4-5-14(13)19;1-14(2,3)23-13(22)21-8-15(4,5)10-6-11(17)9(7-12(10)21)16(18,19)20;9-8-5-4-6-2-1-3-7(6)10-8/h4-5,10H,6-9,11H2,1-3H3;6-7H,8H2,1-5H3;4-5H,1-3H2. The molecule has 0 unspecified atom stereocenters. The van der Waals surface area contributed by atoms with E-state index in [1.807, 2.05) is 52.8 Å². The second-order valence-corrected chi connectivity index (χ2v) is 19.6. The Morgan fingerprint density at radius 1 is 0.782 bits per heavy atom. The lowest BCUT2D eigenvalue weighted by Gasteiger charge is -2.34. The molecule has 2 amide bonds. The van der Waals surface area contributed by atoms with E-state index in [9.17, 15) is 22.8 Å². The van der Waals surface area contributed by atoms with Crippen molar-refractivity contribution in [2.45, 2.75) is 116 Å². The highest BCUT2D eigenvalue weighted by Gasteiger charge is 2.47. The average molecular weight is 961 g/mol. The molecule has 2 aromatic carbocycles. The number of amides is 2. The van der Waals surface area contributed by atoms with Crippen LogP contribution in [0.4, 0.5) is 34.1 Å². The summed E-state index contributed by atoms with van der Waals surface area (Å²) in [5, 5.41) is 0. The Labute approximate surface area is 347 Å². The first-order chi connectivity index (χ1) is 25.4. The normalized spacial score (nSPS) is 18.0. The molecule has 1 spiro atoms. The van der Waals surface area contributed by atoms with E-state index < -0.39 is 34.5 Å². The number of carbonyl (C=O) groups excluding carboxylic acids is 2. The van der Waals surface area contributed by atoms with Gasteiger partial charge in [0.15, 0.2) is 0 Å². The number of alkyl halides is 3. The lowest BCUT2D eigenvalue weighted by Crippen LogP contribution is -2.42. The number of halogens is 6. The molecule has 3 aromatic rings. The van der Waals surface area contributed by atoms with Crippen LogP contribution in [0.2, 0.25) is 0 Å². The second kappa shape index (κ2) is 16.3. The quantitative estimate of drug-likeness (QED) is 0.209. The Morgan fingerprint density at radius 3 is 1.96 bits per heavy atom. The van der Waals surface area contributed by atoms with Gasteiger partial charge in [-0.2, -0.15) is 13.2 Å². The van der Waals surface area contributed by atoms with Crippen LogP contribution in [-0.4, -0.2) is 54.7 Å². The van der Waals surface area contributed by atoms with Gasteiger partial charge in [0.1, 0.15) is 15.8 Å². The van der Waals surface area contributed by atoms with Gasteiger partial charge in [0, 0.05) is 51.8 Å². The van der Waals surface area contributed by atoms with Gasteiger partial charge in [-0.25, -0.2) is 14.6 Å². The first kappa shape index (κ1) is 43.4. The zero-order valence-corrected chi connectivity index (χ0v) is 37.3. The number of aryl methyl sites for hydroxylation is 2. The molecule has 1 aliphatic carbocycles. The number of benzene rings is 2. The van der Waals surface area contributed by atoms with Gasteiger partial charge in [-0.05, 0) is 143 Å². The Kier molecular flexibility index (Phi) is 12.9. The molecule has 300 valence electrons. The Bertz CT molecular complexity index is 1920. The molecule has 1 aromatic heterocycles. The van der Waals surface area contributed by atoms with Crippen LogP contribution in [0, 0.1) is 0 Å². The summed E-state index contributed by atoms with van der Waals surface area (Å²) in [6, 6.07) is 12.8. The van der Waals surface area contributed by atoms with Crippen LogP contribution in [0.3, 0.4) is 0 Å². The van der Waals surface area contributed by atoms with Crippen LogP contribution in [0.1, 0.15) is 103 Å². The summed E-state index contributed by atoms with van der Waals surface area (Å²) in [6.07, 6.45) is 0.133. The molecular weight excluding hydrogens is 911 g/mol. The molecule has 0 N–H and O–H groups in total. The SMILES string of the molecule is Brc1ccc2c(n1)CCC2.CC(C)(C)OC(=O)N1CC(C)(C)c2cc(Br)c(C(F)(F)F)cc21.CC(C)(C)OC(=O)N1CC2(CCOCC2)c2cc(Br)ccc21. The first-order valence-corrected chi connectivity index (χ1v) is 20.7. The molecule has 14 heteroatoms. The highest BCUT2D eigenvalue weighted by molar-refractivity contribution is 9.11. The van der Waals surface area contributed by atoms with Gasteiger partial charge >= 0.3 is 18.4 Å². The van der Waals surface area contributed by atoms with Crippen molar-refractivity contribution in [3.8, 4) is 0 Å². The van der Waals surface area contributed by atoms with Crippen molar-refractivity contribution >= 4 is 71.4 Å². The van der Waals surface area contributed by atoms with Crippen LogP contribution in [-0.2, 0) is 44.1 Å². The van der Waals surface area contributed by atoms with E-state index in [4.69, 9.17) is 14.2 Å². The molecule has 4 aliphatic rings. The lowest BCUT2D eigenvalue weighted by atomic mass is 9.76. The van der Waals surface area contributed by atoms with E-state index >= 15 is 0 Å². The second-order valence-electron chi connectivity index (χ2n) is 17.0. The summed E-state index contributed by atoms with van der Waals surface area (Å²) >= 11 is 9.90. The van der Waals surface area contributed by atoms with Crippen molar-refractivity contribution in [3.63, 3.8) is 0 Å². The van der Waals surface area contributed by atoms with Crippen molar-refractivity contribution in [3.05, 3.63) is 84.0 Å². The van der Waals surface area contributed by atoms with Crippen molar-refractivity contribution in [2.24, 2.45) is 0 Å². The van der Waals surface area contributed by atoms with E-state index in [0.717, 1.165) is 53.3 Å². The summed E-state index contributed by atoms with van der Waals surface area (Å²) in [5.74, 6) is 0. The minimum absolute atomic E-state index is 0.00569. The Hall–Kier alpha value is -2.68. The van der Waals surface area contributed by atoms with Crippen molar-refractivity contribution in [1.29, 1.82) is 0 Å². The van der Waals surface area contributed by atoms with Crippen molar-refractivity contribution < 1.29 is 37.0 Å². The van der Waals surface area contributed by atoms with Gasteiger partial charge in [0.2, 0.25) is 0 Å². The van der Waals surface area contributed by atoms with Crippen LogP contribution >= 0.6 is 47.8 Å². The smallest absolute Gasteiger partial charge is 0.417 e. The van der Waals surface area contributed by atoms with Gasteiger partial charge < -0.3 is 14.2 Å². The zero-order valence-electron chi connectivity index (χ0n) is 32.6. The summed E-state index contributed by atoms with van der Waals surface area (Å²) in [6.45, 7) is 17.0. The third-order valence-electron chi connectivity index (χ3n) is 9.82. The van der Waals surface area contributed by atoms with Crippen LogP contribution < -0.4 is 9.80 Å². The average Bonchev–Trinajstić information content (AvgIpc) is 3.72. The molecule has 0 radical (unpaired) electrons. The lowest BCUT2D eigenvalue weighted by molar-refractivity contribution is -0.138. The number of aromatic nitrogens is 1. The number of hydrogen-bond acceptors (Lipinski definition) is 6. The third kappa shape index (κ3) is 10.4. The van der Waals surface area contributed by atoms with Crippen LogP contribution in [0.15, 0.2) is 56.0 Å². The third-order valence-corrected chi connectivity index (χ3v) is 11.4. The molecule has 1 fully saturated rings. The first-order valence-electron chi connectivity index (χ1n) is 18.3. The van der Waals surface area contributed by atoms with Gasteiger partial charge in [-0.15, -0.1) is 0 Å². The number of ether oxygens (including phenoxy) is 3. The molecule has 7 rings (SSSR count). The Balaban J connectivity index is 0.000000169. The molecule has 1 saturated heterocycles. The fraction of sp³-hybridized carbons (Fsp3) is 0.537. The summed E-state index contributed by atoms with van der Waals surface area (Å²) in [5.41, 5.74) is 3.38. The summed E-state index contributed by atoms with van der Waals surface area (Å²) in [4.78, 5) is 32.4. The summed E-state index contributed by atoms with van der Waals surface area (Å²) < 4.78 is 57.9. The number of pyridine rings is 1. The van der Waals surface area contributed by atoms with Gasteiger partial charge in [-0.1, -0.05) is 51.8 Å². The largest absolute Gasteiger partial charge is 0.443 e. The molecule has 0 atom stereocenters. The fourth-order valence-corrected chi connectivity index (χ4v) is 8.57. The minimum Gasteiger partial charge on any atom is -0.443 e. The number of rotatable bonds is 0. The molecule has 4 heterocycles. The molecule has 55 heavy (non-hydrogen) atoms. The van der Waals surface area contributed by atoms with Crippen molar-refractivity contribution in [2.75, 3.05) is 36.1 Å². The van der Waals surface area contributed by atoms with E-state index in [1.54, 1.807) is 25.7 Å².